The molecule has 0 radical (unpaired) electrons. The number of unbranched alkanes of at least 4 members (excludes halogenated alkanes) is 30. The minimum atomic E-state index is -1.63. The maximum absolute atomic E-state index is 13.5. The zero-order chi connectivity index (χ0) is 65.3. The second kappa shape index (κ2) is 65.1. The molecule has 1 amide bonds. The van der Waals surface area contributed by atoms with Gasteiger partial charge in [0.05, 0.1) is 25.4 Å². The van der Waals surface area contributed by atoms with Gasteiger partial charge in [-0.2, -0.15) is 0 Å². The van der Waals surface area contributed by atoms with Gasteiger partial charge < -0.3 is 45.1 Å². The first-order chi connectivity index (χ1) is 44.2. The molecule has 1 aliphatic heterocycles. The normalized spacial score (nSPS) is 18.8. The molecule has 11 heteroatoms. The summed E-state index contributed by atoms with van der Waals surface area (Å²) < 4.78 is 17.7. The number of amides is 1. The molecule has 90 heavy (non-hydrogen) atoms. The molecular formula is C79H135NO10. The topological polar surface area (TPSA) is 175 Å². The second-order valence-corrected chi connectivity index (χ2v) is 24.9. The van der Waals surface area contributed by atoms with Crippen LogP contribution in [0.15, 0.2) is 122 Å². The average Bonchev–Trinajstić information content (AvgIpc) is 1.14. The molecule has 11 nitrogen and oxygen atoms in total. The van der Waals surface area contributed by atoms with Gasteiger partial charge in [0.25, 0.3) is 0 Å². The van der Waals surface area contributed by atoms with Crippen molar-refractivity contribution in [3.63, 3.8) is 0 Å². The van der Waals surface area contributed by atoms with E-state index in [-0.39, 0.29) is 19.4 Å². The molecule has 516 valence electrons. The van der Waals surface area contributed by atoms with Crippen molar-refractivity contribution < 1.29 is 49.3 Å². The molecule has 0 aliphatic carbocycles. The van der Waals surface area contributed by atoms with Gasteiger partial charge in [-0.05, 0) is 116 Å². The first-order valence-electron chi connectivity index (χ1n) is 36.8. The number of hydrogen-bond acceptors (Lipinski definition) is 10. The van der Waals surface area contributed by atoms with Crippen molar-refractivity contribution in [1.82, 2.24) is 5.32 Å². The van der Waals surface area contributed by atoms with Gasteiger partial charge in [-0.25, -0.2) is 0 Å². The molecule has 0 saturated carbocycles. The Labute approximate surface area is 550 Å². The van der Waals surface area contributed by atoms with Gasteiger partial charge in [0.2, 0.25) is 5.91 Å². The van der Waals surface area contributed by atoms with Crippen molar-refractivity contribution in [3.8, 4) is 0 Å². The van der Waals surface area contributed by atoms with E-state index < -0.39 is 67.4 Å². The molecule has 0 spiro atoms. The van der Waals surface area contributed by atoms with Gasteiger partial charge in [0.15, 0.2) is 12.4 Å². The fraction of sp³-hybridized carbons (Fsp3) is 0.722. The first-order valence-corrected chi connectivity index (χ1v) is 36.8. The van der Waals surface area contributed by atoms with Crippen LogP contribution in [0.4, 0.5) is 0 Å². The molecule has 0 aromatic rings. The van der Waals surface area contributed by atoms with Crippen molar-refractivity contribution in [2.24, 2.45) is 0 Å². The van der Waals surface area contributed by atoms with Crippen molar-refractivity contribution in [3.05, 3.63) is 122 Å². The van der Waals surface area contributed by atoms with Gasteiger partial charge in [-0.15, -0.1) is 0 Å². The van der Waals surface area contributed by atoms with E-state index in [2.05, 4.69) is 135 Å². The van der Waals surface area contributed by atoms with Crippen molar-refractivity contribution in [1.29, 1.82) is 0 Å². The smallest absolute Gasteiger partial charge is 0.306 e. The molecular weight excluding hydrogens is 1120 g/mol. The molecule has 1 heterocycles. The summed E-state index contributed by atoms with van der Waals surface area (Å²) in [6.45, 7) is 5.66. The SMILES string of the molecule is CC/C=C\C/C=C\C/C=C\C/C=C\C/C=C\CCCCCCCCC(O)C(=O)NC(COC1OC(CO)C(O)C(O)C1OC(=O)CCCCCCCCCCCCC/C=C\C/C=C\C/C=C\C/C=C\CCCCC)C(O)/C=C/CCCCCCCCCCCC. The van der Waals surface area contributed by atoms with Crippen LogP contribution in [0.25, 0.3) is 0 Å². The molecule has 8 atom stereocenters. The van der Waals surface area contributed by atoms with E-state index in [1.165, 1.54) is 122 Å². The Morgan fingerprint density at radius 2 is 0.800 bits per heavy atom. The van der Waals surface area contributed by atoms with Crippen LogP contribution in [-0.2, 0) is 23.8 Å². The number of nitrogens with one attached hydrogen (secondary N) is 1. The molecule has 1 fully saturated rings. The largest absolute Gasteiger partial charge is 0.454 e. The van der Waals surface area contributed by atoms with E-state index in [0.29, 0.717) is 12.8 Å². The lowest BCUT2D eigenvalue weighted by Gasteiger charge is -2.41. The van der Waals surface area contributed by atoms with Crippen molar-refractivity contribution in [2.45, 2.75) is 352 Å². The lowest BCUT2D eigenvalue weighted by Crippen LogP contribution is -2.61. The molecule has 0 aromatic carbocycles. The van der Waals surface area contributed by atoms with Gasteiger partial charge in [-0.1, -0.05) is 303 Å². The van der Waals surface area contributed by atoms with E-state index in [0.717, 1.165) is 135 Å². The van der Waals surface area contributed by atoms with Crippen LogP contribution in [0.2, 0.25) is 0 Å². The minimum Gasteiger partial charge on any atom is -0.454 e. The maximum atomic E-state index is 13.5. The van der Waals surface area contributed by atoms with Crippen LogP contribution in [0.1, 0.15) is 303 Å². The van der Waals surface area contributed by atoms with Crippen LogP contribution >= 0.6 is 0 Å². The van der Waals surface area contributed by atoms with Gasteiger partial charge in [0.1, 0.15) is 24.4 Å². The van der Waals surface area contributed by atoms with Gasteiger partial charge in [0, 0.05) is 6.42 Å². The Morgan fingerprint density at radius 1 is 0.444 bits per heavy atom. The highest BCUT2D eigenvalue weighted by Crippen LogP contribution is 2.26. The molecule has 6 N–H and O–H groups in total. The van der Waals surface area contributed by atoms with Crippen LogP contribution in [0, 0.1) is 0 Å². The third-order valence-corrected chi connectivity index (χ3v) is 16.6. The molecule has 1 aliphatic rings. The Morgan fingerprint density at radius 3 is 1.22 bits per heavy atom. The van der Waals surface area contributed by atoms with Crippen molar-refractivity contribution in [2.75, 3.05) is 13.2 Å². The van der Waals surface area contributed by atoms with Crippen LogP contribution < -0.4 is 5.32 Å². The number of allylic oxidation sites excluding steroid dienone is 19. The van der Waals surface area contributed by atoms with E-state index in [1.54, 1.807) is 6.08 Å². The molecule has 1 saturated heterocycles. The number of ether oxygens (including phenoxy) is 3. The lowest BCUT2D eigenvalue weighted by atomic mass is 9.99. The summed E-state index contributed by atoms with van der Waals surface area (Å²) in [6, 6.07) is -1.04. The fourth-order valence-electron chi connectivity index (χ4n) is 10.8. The Hall–Kier alpha value is -3.94. The highest BCUT2D eigenvalue weighted by molar-refractivity contribution is 5.80. The first kappa shape index (κ1) is 84.1. The molecule has 0 bridgehead atoms. The number of hydrogen-bond donors (Lipinski definition) is 6. The Kier molecular flexibility index (Phi) is 60.8. The number of carbonyl (C=O) groups excluding carboxylic acids is 2. The zero-order valence-corrected chi connectivity index (χ0v) is 57.5. The third-order valence-electron chi connectivity index (χ3n) is 16.6. The maximum Gasteiger partial charge on any atom is 0.306 e. The molecule has 1 rings (SSSR count). The standard InChI is InChI=1S/C79H135NO10/c1-4-7-10-13-16-19-22-25-27-29-31-33-35-36-37-38-39-41-43-45-47-49-52-55-58-61-64-67-74(84)90-77-76(86)75(85)73(68-81)89-79(77)88-69-70(71(82)65-62-59-56-53-50-24-21-18-15-12-9-6-3)80-78(87)72(83)66-63-60-57-54-51-48-46-44-42-40-34-32-30-28-26-23-20-17-14-11-8-5-2/h8,11,16-17,19-20,25-28,31-34,36-37,42,44,62,65,70-73,75-77,79,81-83,85-86H,4-7,9-10,12-15,18,21-24,29-30,35,38-41,43,45-61,63-64,66-69H2,1-3H3,(H,80,87)/b11-8-,19-16-,20-17-,27-25-,28-26-,33-31-,34-32-,37-36-,44-42-,65-62+. The Balaban J connectivity index is 2.56. The number of esters is 1. The summed E-state index contributed by atoms with van der Waals surface area (Å²) in [5, 5.41) is 57.3. The highest BCUT2D eigenvalue weighted by Gasteiger charge is 2.47. The lowest BCUT2D eigenvalue weighted by molar-refractivity contribution is -0.305. The van der Waals surface area contributed by atoms with E-state index in [9.17, 15) is 35.1 Å². The van der Waals surface area contributed by atoms with E-state index >= 15 is 0 Å². The van der Waals surface area contributed by atoms with Gasteiger partial charge in [-0.3, -0.25) is 9.59 Å². The fourth-order valence-corrected chi connectivity index (χ4v) is 10.8. The van der Waals surface area contributed by atoms with Crippen molar-refractivity contribution >= 4 is 11.9 Å². The summed E-state index contributed by atoms with van der Waals surface area (Å²) >= 11 is 0. The number of aliphatic hydroxyl groups is 5. The summed E-state index contributed by atoms with van der Waals surface area (Å²) in [6.07, 6.45) is 80.9. The number of aliphatic hydroxyl groups excluding tert-OH is 5. The van der Waals surface area contributed by atoms with Crippen LogP contribution in [0.5, 0.6) is 0 Å². The predicted molar refractivity (Wildman–Crippen MR) is 379 cm³/mol. The van der Waals surface area contributed by atoms with E-state index in [4.69, 9.17) is 14.2 Å². The second-order valence-electron chi connectivity index (χ2n) is 24.9. The summed E-state index contributed by atoms with van der Waals surface area (Å²) in [7, 11) is 0. The summed E-state index contributed by atoms with van der Waals surface area (Å²) in [5.74, 6) is -1.21. The monoisotopic (exact) mass is 1260 g/mol. The summed E-state index contributed by atoms with van der Waals surface area (Å²) in [4.78, 5) is 26.7. The highest BCUT2D eigenvalue weighted by atomic mass is 16.7. The van der Waals surface area contributed by atoms with Crippen LogP contribution in [-0.4, -0.2) is 99.6 Å². The quantitative estimate of drug-likeness (QED) is 0.0195. The molecule has 0 aromatic heterocycles. The van der Waals surface area contributed by atoms with Gasteiger partial charge >= 0.3 is 5.97 Å². The van der Waals surface area contributed by atoms with Crippen LogP contribution in [0.3, 0.4) is 0 Å². The van der Waals surface area contributed by atoms with E-state index in [1.807, 2.05) is 6.08 Å². The average molecular weight is 1260 g/mol. The number of rotatable bonds is 62. The number of carbonyl (C=O) groups is 2. The molecule has 8 unspecified atom stereocenters. The zero-order valence-electron chi connectivity index (χ0n) is 57.5. The third kappa shape index (κ3) is 51.6. The predicted octanol–water partition coefficient (Wildman–Crippen LogP) is 19.3. The Bertz CT molecular complexity index is 1930. The summed E-state index contributed by atoms with van der Waals surface area (Å²) in [5.41, 5.74) is 0. The minimum absolute atomic E-state index is 0.113.